The first kappa shape index (κ1) is 17.9. The van der Waals surface area contributed by atoms with Crippen molar-refractivity contribution in [3.8, 4) is 11.1 Å². The van der Waals surface area contributed by atoms with Crippen LogP contribution in [0.25, 0.3) is 76.5 Å². The Kier molecular flexibility index (Phi) is 3.42. The zero-order valence-electron chi connectivity index (χ0n) is 18.2. The van der Waals surface area contributed by atoms with E-state index in [2.05, 4.69) is 97.1 Å². The van der Waals surface area contributed by atoms with E-state index in [0.717, 1.165) is 49.4 Å². The number of hydrogen-bond acceptors (Lipinski definition) is 2. The summed E-state index contributed by atoms with van der Waals surface area (Å²) < 4.78 is 12.9. The summed E-state index contributed by atoms with van der Waals surface area (Å²) in [6.45, 7) is 0. The number of rotatable bonds is 1. The van der Waals surface area contributed by atoms with Crippen LogP contribution in [0, 0.1) is 0 Å². The highest BCUT2D eigenvalue weighted by Crippen LogP contribution is 2.44. The number of fused-ring (bicyclic) bond motifs is 9. The minimum atomic E-state index is 0.846. The fourth-order valence-corrected chi connectivity index (χ4v) is 5.57. The van der Waals surface area contributed by atoms with Gasteiger partial charge in [0, 0.05) is 27.3 Å². The SMILES string of the molecule is c1ccc2c(-c3cccc4c3oc3ccc5c6ccccc6oc5c34)c3ccccc3cc2c1. The number of benzene rings is 6. The van der Waals surface area contributed by atoms with Crippen LogP contribution in [-0.4, -0.2) is 0 Å². The molecule has 34 heavy (non-hydrogen) atoms. The van der Waals surface area contributed by atoms with Crippen molar-refractivity contribution in [2.75, 3.05) is 0 Å². The first-order chi connectivity index (χ1) is 16.9. The van der Waals surface area contributed by atoms with E-state index in [1.165, 1.54) is 27.1 Å². The van der Waals surface area contributed by atoms with Crippen molar-refractivity contribution < 1.29 is 8.83 Å². The van der Waals surface area contributed by atoms with Crippen LogP contribution < -0.4 is 0 Å². The number of para-hydroxylation sites is 2. The lowest BCUT2D eigenvalue weighted by atomic mass is 9.91. The van der Waals surface area contributed by atoms with Gasteiger partial charge in [-0.1, -0.05) is 84.9 Å². The third kappa shape index (κ3) is 2.29. The van der Waals surface area contributed by atoms with Gasteiger partial charge in [0.25, 0.3) is 0 Å². The lowest BCUT2D eigenvalue weighted by Gasteiger charge is -2.12. The van der Waals surface area contributed by atoms with Gasteiger partial charge in [0.05, 0.1) is 5.39 Å². The van der Waals surface area contributed by atoms with Gasteiger partial charge in [-0.25, -0.2) is 0 Å². The molecule has 0 atom stereocenters. The van der Waals surface area contributed by atoms with Gasteiger partial charge >= 0.3 is 0 Å². The first-order valence-electron chi connectivity index (χ1n) is 11.5. The van der Waals surface area contributed by atoms with Crippen molar-refractivity contribution in [3.63, 3.8) is 0 Å². The summed E-state index contributed by atoms with van der Waals surface area (Å²) in [5, 5.41) is 9.26. The molecule has 0 saturated heterocycles. The Balaban J connectivity index is 1.56. The highest BCUT2D eigenvalue weighted by atomic mass is 16.3. The molecular formula is C32H18O2. The molecule has 0 saturated carbocycles. The molecule has 0 N–H and O–H groups in total. The van der Waals surface area contributed by atoms with Gasteiger partial charge in [-0.2, -0.15) is 0 Å². The number of furan rings is 2. The molecule has 0 spiro atoms. The van der Waals surface area contributed by atoms with Crippen molar-refractivity contribution in [2.45, 2.75) is 0 Å². The molecule has 2 aromatic heterocycles. The Morgan fingerprint density at radius 1 is 0.412 bits per heavy atom. The minimum Gasteiger partial charge on any atom is -0.455 e. The van der Waals surface area contributed by atoms with Crippen LogP contribution in [0.2, 0.25) is 0 Å². The van der Waals surface area contributed by atoms with Gasteiger partial charge in [0.15, 0.2) is 0 Å². The second-order valence-corrected chi connectivity index (χ2v) is 8.89. The third-order valence-corrected chi connectivity index (χ3v) is 7.05. The van der Waals surface area contributed by atoms with Gasteiger partial charge < -0.3 is 8.83 Å². The second kappa shape index (κ2) is 6.49. The van der Waals surface area contributed by atoms with E-state index in [9.17, 15) is 0 Å². The summed E-state index contributed by atoms with van der Waals surface area (Å²) in [5.74, 6) is 0. The van der Waals surface area contributed by atoms with E-state index in [4.69, 9.17) is 8.83 Å². The van der Waals surface area contributed by atoms with Gasteiger partial charge in [-0.05, 0) is 45.8 Å². The van der Waals surface area contributed by atoms with E-state index in [1.807, 2.05) is 12.1 Å². The van der Waals surface area contributed by atoms with Crippen molar-refractivity contribution >= 4 is 65.4 Å². The Labute approximate surface area is 194 Å². The average Bonchev–Trinajstić information content (AvgIpc) is 3.45. The van der Waals surface area contributed by atoms with Gasteiger partial charge in [-0.15, -0.1) is 0 Å². The summed E-state index contributed by atoms with van der Waals surface area (Å²) in [6, 6.07) is 38.3. The Hall–Kier alpha value is -4.56. The lowest BCUT2D eigenvalue weighted by Crippen LogP contribution is -1.86. The predicted octanol–water partition coefficient (Wildman–Crippen LogP) is 9.46. The molecule has 0 amide bonds. The maximum Gasteiger partial charge on any atom is 0.147 e. The van der Waals surface area contributed by atoms with Crippen LogP contribution in [0.4, 0.5) is 0 Å². The normalized spacial score (nSPS) is 12.1. The molecule has 0 unspecified atom stereocenters. The Morgan fingerprint density at radius 3 is 1.85 bits per heavy atom. The Bertz CT molecular complexity index is 2020. The fourth-order valence-electron chi connectivity index (χ4n) is 5.57. The van der Waals surface area contributed by atoms with Crippen LogP contribution in [0.1, 0.15) is 0 Å². The van der Waals surface area contributed by atoms with Crippen LogP contribution in [0.5, 0.6) is 0 Å². The summed E-state index contributed by atoms with van der Waals surface area (Å²) in [5.41, 5.74) is 5.84. The molecule has 0 aliphatic rings. The molecule has 0 aliphatic carbocycles. The second-order valence-electron chi connectivity index (χ2n) is 8.89. The average molecular weight is 434 g/mol. The molecular weight excluding hydrogens is 416 g/mol. The molecule has 0 aliphatic heterocycles. The van der Waals surface area contributed by atoms with Gasteiger partial charge in [0.2, 0.25) is 0 Å². The smallest absolute Gasteiger partial charge is 0.147 e. The molecule has 0 bridgehead atoms. The van der Waals surface area contributed by atoms with Crippen LogP contribution in [0.15, 0.2) is 118 Å². The van der Waals surface area contributed by atoms with E-state index >= 15 is 0 Å². The molecule has 6 aromatic carbocycles. The van der Waals surface area contributed by atoms with Crippen LogP contribution in [0.3, 0.4) is 0 Å². The fraction of sp³-hybridized carbons (Fsp3) is 0. The predicted molar refractivity (Wildman–Crippen MR) is 141 cm³/mol. The monoisotopic (exact) mass is 434 g/mol. The Morgan fingerprint density at radius 2 is 1.06 bits per heavy atom. The largest absolute Gasteiger partial charge is 0.455 e. The van der Waals surface area contributed by atoms with Crippen molar-refractivity contribution in [1.29, 1.82) is 0 Å². The zero-order valence-corrected chi connectivity index (χ0v) is 18.2. The molecule has 8 aromatic rings. The molecule has 2 heteroatoms. The van der Waals surface area contributed by atoms with E-state index in [-0.39, 0.29) is 0 Å². The third-order valence-electron chi connectivity index (χ3n) is 7.05. The van der Waals surface area contributed by atoms with Crippen LogP contribution >= 0.6 is 0 Å². The first-order valence-corrected chi connectivity index (χ1v) is 11.5. The van der Waals surface area contributed by atoms with Crippen LogP contribution in [-0.2, 0) is 0 Å². The molecule has 2 nitrogen and oxygen atoms in total. The van der Waals surface area contributed by atoms with E-state index < -0.39 is 0 Å². The summed E-state index contributed by atoms with van der Waals surface area (Å²) in [7, 11) is 0. The van der Waals surface area contributed by atoms with Crippen molar-refractivity contribution in [2.24, 2.45) is 0 Å². The maximum atomic E-state index is 6.58. The van der Waals surface area contributed by atoms with Crippen molar-refractivity contribution in [3.05, 3.63) is 109 Å². The van der Waals surface area contributed by atoms with Crippen molar-refractivity contribution in [1.82, 2.24) is 0 Å². The molecule has 2 heterocycles. The lowest BCUT2D eigenvalue weighted by molar-refractivity contribution is 0.663. The molecule has 0 radical (unpaired) electrons. The molecule has 8 rings (SSSR count). The van der Waals surface area contributed by atoms with E-state index in [0.29, 0.717) is 0 Å². The highest BCUT2D eigenvalue weighted by Gasteiger charge is 2.20. The number of hydrogen-bond donors (Lipinski definition) is 0. The highest BCUT2D eigenvalue weighted by molar-refractivity contribution is 6.25. The quantitative estimate of drug-likeness (QED) is 0.240. The summed E-state index contributed by atoms with van der Waals surface area (Å²) in [6.07, 6.45) is 0. The molecule has 0 fully saturated rings. The maximum absolute atomic E-state index is 6.58. The topological polar surface area (TPSA) is 26.3 Å². The van der Waals surface area contributed by atoms with Gasteiger partial charge in [-0.3, -0.25) is 0 Å². The minimum absolute atomic E-state index is 0.846. The van der Waals surface area contributed by atoms with Gasteiger partial charge in [0.1, 0.15) is 22.3 Å². The summed E-state index contributed by atoms with van der Waals surface area (Å²) >= 11 is 0. The molecule has 158 valence electrons. The zero-order chi connectivity index (χ0) is 22.2. The summed E-state index contributed by atoms with van der Waals surface area (Å²) in [4.78, 5) is 0. The standard InChI is InChI=1S/C32H18O2/c1-3-10-21-19(8-1)18-20-9-2-4-11-22(20)29(21)25-13-7-14-26-30-28(34-31(25)26)17-16-24-23-12-5-6-15-27(23)33-32(24)30/h1-18H. The van der Waals surface area contributed by atoms with E-state index in [1.54, 1.807) is 0 Å².